The highest BCUT2D eigenvalue weighted by molar-refractivity contribution is 5.27. The van der Waals surface area contributed by atoms with Crippen LogP contribution in [0.1, 0.15) is 46.1 Å². The molecule has 23 heavy (non-hydrogen) atoms. The van der Waals surface area contributed by atoms with E-state index in [1.807, 2.05) is 0 Å². The average Bonchev–Trinajstić information content (AvgIpc) is 2.53. The minimum Gasteiger partial charge on any atom is -0.494 e. The Bertz CT molecular complexity index is 433. The van der Waals surface area contributed by atoms with E-state index in [0.717, 1.165) is 31.2 Å². The quantitative estimate of drug-likeness (QED) is 0.673. The fraction of sp³-hybridized carbons (Fsp3) is 0.700. The fourth-order valence-corrected chi connectivity index (χ4v) is 3.07. The van der Waals surface area contributed by atoms with Gasteiger partial charge in [0.25, 0.3) is 0 Å². The Morgan fingerprint density at radius 1 is 0.957 bits per heavy atom. The highest BCUT2D eigenvalue weighted by Gasteiger charge is 2.18. The first-order chi connectivity index (χ1) is 11.0. The molecule has 0 amide bonds. The molecule has 1 saturated heterocycles. The molecular formula is C20H34N2O. The van der Waals surface area contributed by atoms with Crippen molar-refractivity contribution >= 4 is 0 Å². The third-order valence-corrected chi connectivity index (χ3v) is 4.66. The van der Waals surface area contributed by atoms with Gasteiger partial charge in [-0.15, -0.1) is 0 Å². The normalized spacial score (nSPS) is 17.1. The summed E-state index contributed by atoms with van der Waals surface area (Å²) in [6.07, 6.45) is 2.37. The van der Waals surface area contributed by atoms with Crippen molar-refractivity contribution in [2.45, 2.75) is 53.1 Å². The molecule has 0 aliphatic carbocycles. The first-order valence-electron chi connectivity index (χ1n) is 9.22. The second-order valence-electron chi connectivity index (χ2n) is 7.43. The van der Waals surface area contributed by atoms with Crippen molar-refractivity contribution in [1.82, 2.24) is 9.80 Å². The van der Waals surface area contributed by atoms with Gasteiger partial charge in [-0.2, -0.15) is 0 Å². The topological polar surface area (TPSA) is 15.7 Å². The number of hydrogen-bond donors (Lipinski definition) is 0. The van der Waals surface area contributed by atoms with Crippen LogP contribution in [0.2, 0.25) is 0 Å². The second-order valence-corrected chi connectivity index (χ2v) is 7.43. The van der Waals surface area contributed by atoms with Crippen LogP contribution in [0.3, 0.4) is 0 Å². The van der Waals surface area contributed by atoms with Crippen molar-refractivity contribution in [3.8, 4) is 5.75 Å². The molecule has 0 N–H and O–H groups in total. The molecule has 0 spiro atoms. The predicted molar refractivity (Wildman–Crippen MR) is 98.0 cm³/mol. The molecule has 1 aliphatic heterocycles. The molecule has 1 heterocycles. The first kappa shape index (κ1) is 18.3. The lowest BCUT2D eigenvalue weighted by Gasteiger charge is -2.36. The molecule has 130 valence electrons. The number of rotatable bonds is 8. The van der Waals surface area contributed by atoms with Gasteiger partial charge in [0.15, 0.2) is 0 Å². The smallest absolute Gasteiger partial charge is 0.119 e. The second kappa shape index (κ2) is 9.29. The van der Waals surface area contributed by atoms with Gasteiger partial charge in [-0.05, 0) is 50.3 Å². The van der Waals surface area contributed by atoms with Crippen LogP contribution >= 0.6 is 0 Å². The molecule has 1 aromatic rings. The lowest BCUT2D eigenvalue weighted by molar-refractivity contribution is 0.104. The molecule has 0 bridgehead atoms. The fourth-order valence-electron chi connectivity index (χ4n) is 3.07. The molecule has 1 aliphatic rings. The van der Waals surface area contributed by atoms with Gasteiger partial charge in [0.05, 0.1) is 6.61 Å². The number of ether oxygens (including phenoxy) is 1. The van der Waals surface area contributed by atoms with Gasteiger partial charge in [-0.3, -0.25) is 9.80 Å². The number of nitrogens with zero attached hydrogens (tertiary/aromatic N) is 2. The van der Waals surface area contributed by atoms with E-state index in [1.165, 1.54) is 38.2 Å². The van der Waals surface area contributed by atoms with Crippen molar-refractivity contribution in [1.29, 1.82) is 0 Å². The summed E-state index contributed by atoms with van der Waals surface area (Å²) in [4.78, 5) is 5.11. The standard InChI is InChI=1S/C20H34N2O/c1-17(2)6-5-15-23-20-9-7-19(8-10-20)16-21-11-13-22(14-12-21)18(3)4/h7-10,17-18H,5-6,11-16H2,1-4H3. The van der Waals surface area contributed by atoms with Gasteiger partial charge in [-0.25, -0.2) is 0 Å². The summed E-state index contributed by atoms with van der Waals surface area (Å²) in [6.45, 7) is 15.7. The molecular weight excluding hydrogens is 284 g/mol. The summed E-state index contributed by atoms with van der Waals surface area (Å²) in [6, 6.07) is 9.34. The maximum atomic E-state index is 5.82. The number of piperazine rings is 1. The van der Waals surface area contributed by atoms with Crippen molar-refractivity contribution in [2.24, 2.45) is 5.92 Å². The molecule has 1 aromatic carbocycles. The van der Waals surface area contributed by atoms with E-state index in [-0.39, 0.29) is 0 Å². The van der Waals surface area contributed by atoms with E-state index in [1.54, 1.807) is 0 Å². The lowest BCUT2D eigenvalue weighted by atomic mass is 10.1. The van der Waals surface area contributed by atoms with Crippen LogP contribution in [0.4, 0.5) is 0 Å². The highest BCUT2D eigenvalue weighted by atomic mass is 16.5. The van der Waals surface area contributed by atoms with Crippen molar-refractivity contribution < 1.29 is 4.74 Å². The Balaban J connectivity index is 1.71. The van der Waals surface area contributed by atoms with Gasteiger partial charge in [0.1, 0.15) is 5.75 Å². The predicted octanol–water partition coefficient (Wildman–Crippen LogP) is 4.03. The van der Waals surface area contributed by atoms with Gasteiger partial charge in [0, 0.05) is 38.8 Å². The first-order valence-corrected chi connectivity index (χ1v) is 9.22. The Hall–Kier alpha value is -1.06. The molecule has 1 fully saturated rings. The Labute approximate surface area is 142 Å². The van der Waals surface area contributed by atoms with Crippen LogP contribution in [-0.4, -0.2) is 48.6 Å². The molecule has 0 saturated carbocycles. The Morgan fingerprint density at radius 3 is 2.17 bits per heavy atom. The zero-order valence-corrected chi connectivity index (χ0v) is 15.4. The van der Waals surface area contributed by atoms with Crippen LogP contribution in [0.5, 0.6) is 5.75 Å². The minimum atomic E-state index is 0.671. The molecule has 2 rings (SSSR count). The SMILES string of the molecule is CC(C)CCCOc1ccc(CN2CCN(C(C)C)CC2)cc1. The zero-order valence-electron chi connectivity index (χ0n) is 15.4. The minimum absolute atomic E-state index is 0.671. The molecule has 3 heteroatoms. The number of hydrogen-bond acceptors (Lipinski definition) is 3. The van der Waals surface area contributed by atoms with E-state index < -0.39 is 0 Å². The van der Waals surface area contributed by atoms with Crippen LogP contribution in [0.25, 0.3) is 0 Å². The average molecular weight is 319 g/mol. The summed E-state index contributed by atoms with van der Waals surface area (Å²) in [5, 5.41) is 0. The summed E-state index contributed by atoms with van der Waals surface area (Å²) < 4.78 is 5.82. The molecule has 0 atom stereocenters. The van der Waals surface area contributed by atoms with E-state index in [9.17, 15) is 0 Å². The zero-order chi connectivity index (χ0) is 16.7. The summed E-state index contributed by atoms with van der Waals surface area (Å²) in [7, 11) is 0. The molecule has 0 radical (unpaired) electrons. The van der Waals surface area contributed by atoms with Crippen LogP contribution in [0.15, 0.2) is 24.3 Å². The summed E-state index contributed by atoms with van der Waals surface area (Å²) >= 11 is 0. The van der Waals surface area contributed by atoms with Crippen molar-refractivity contribution in [3.05, 3.63) is 29.8 Å². The molecule has 0 aromatic heterocycles. The van der Waals surface area contributed by atoms with Crippen LogP contribution < -0.4 is 4.74 Å². The van der Waals surface area contributed by atoms with Crippen LogP contribution in [-0.2, 0) is 6.54 Å². The van der Waals surface area contributed by atoms with Gasteiger partial charge in [-0.1, -0.05) is 26.0 Å². The van der Waals surface area contributed by atoms with Crippen molar-refractivity contribution in [3.63, 3.8) is 0 Å². The van der Waals surface area contributed by atoms with E-state index in [4.69, 9.17) is 4.74 Å². The molecule has 3 nitrogen and oxygen atoms in total. The van der Waals surface area contributed by atoms with Crippen molar-refractivity contribution in [2.75, 3.05) is 32.8 Å². The summed E-state index contributed by atoms with van der Waals surface area (Å²) in [5.74, 6) is 1.76. The maximum absolute atomic E-state index is 5.82. The van der Waals surface area contributed by atoms with Crippen LogP contribution in [0, 0.1) is 5.92 Å². The monoisotopic (exact) mass is 318 g/mol. The highest BCUT2D eigenvalue weighted by Crippen LogP contribution is 2.16. The molecule has 0 unspecified atom stereocenters. The van der Waals surface area contributed by atoms with E-state index in [0.29, 0.717) is 6.04 Å². The Kier molecular flexibility index (Phi) is 7.38. The largest absolute Gasteiger partial charge is 0.494 e. The lowest BCUT2D eigenvalue weighted by Crippen LogP contribution is -2.48. The third kappa shape index (κ3) is 6.52. The van der Waals surface area contributed by atoms with Gasteiger partial charge < -0.3 is 4.74 Å². The third-order valence-electron chi connectivity index (χ3n) is 4.66. The maximum Gasteiger partial charge on any atom is 0.119 e. The van der Waals surface area contributed by atoms with Gasteiger partial charge >= 0.3 is 0 Å². The Morgan fingerprint density at radius 2 is 1.61 bits per heavy atom. The van der Waals surface area contributed by atoms with E-state index >= 15 is 0 Å². The summed E-state index contributed by atoms with van der Waals surface area (Å²) in [5.41, 5.74) is 1.39. The van der Waals surface area contributed by atoms with E-state index in [2.05, 4.69) is 61.8 Å². The van der Waals surface area contributed by atoms with Gasteiger partial charge in [0.2, 0.25) is 0 Å². The number of benzene rings is 1.